The summed E-state index contributed by atoms with van der Waals surface area (Å²) >= 11 is 0. The number of alkyl halides is 3. The highest BCUT2D eigenvalue weighted by atomic mass is 19.4. The van der Waals surface area contributed by atoms with Crippen LogP contribution in [0, 0.1) is 0 Å². The number of amides is 1. The number of hydrogen-bond acceptors (Lipinski definition) is 3. The summed E-state index contributed by atoms with van der Waals surface area (Å²) in [6, 6.07) is 3.11. The number of rotatable bonds is 5. The van der Waals surface area contributed by atoms with E-state index in [-0.39, 0.29) is 12.1 Å². The van der Waals surface area contributed by atoms with E-state index in [1.807, 2.05) is 6.92 Å². The third-order valence-electron chi connectivity index (χ3n) is 2.46. The Bertz CT molecular complexity index is 434. The van der Waals surface area contributed by atoms with Crippen LogP contribution >= 0.6 is 0 Å². The fourth-order valence-corrected chi connectivity index (χ4v) is 1.49. The number of aromatic nitrogens is 1. The van der Waals surface area contributed by atoms with E-state index in [0.29, 0.717) is 12.4 Å². The number of anilines is 1. The maximum absolute atomic E-state index is 12.1. The van der Waals surface area contributed by atoms with Gasteiger partial charge in [-0.15, -0.1) is 0 Å². The first-order valence-corrected chi connectivity index (χ1v) is 5.86. The average Bonchev–Trinajstić information content (AvgIpc) is 2.35. The van der Waals surface area contributed by atoms with Crippen LogP contribution in [0.4, 0.5) is 19.0 Å². The van der Waals surface area contributed by atoms with Crippen molar-refractivity contribution in [1.82, 2.24) is 9.88 Å². The van der Waals surface area contributed by atoms with Gasteiger partial charge in [-0.05, 0) is 19.1 Å². The summed E-state index contributed by atoms with van der Waals surface area (Å²) in [6.07, 6.45) is -3.77. The normalized spacial score (nSPS) is 11.2. The second-order valence-electron chi connectivity index (χ2n) is 4.02. The Kier molecular flexibility index (Phi) is 5.14. The van der Waals surface area contributed by atoms with Gasteiger partial charge in [-0.2, -0.15) is 13.2 Å². The Labute approximate surface area is 109 Å². The molecule has 19 heavy (non-hydrogen) atoms. The van der Waals surface area contributed by atoms with E-state index in [1.54, 1.807) is 6.07 Å². The predicted molar refractivity (Wildman–Crippen MR) is 66.0 cm³/mol. The number of halogens is 3. The Morgan fingerprint density at radius 3 is 2.74 bits per heavy atom. The van der Waals surface area contributed by atoms with Crippen LogP contribution < -0.4 is 5.32 Å². The predicted octanol–water partition coefficient (Wildman–Crippen LogP) is 2.54. The third-order valence-corrected chi connectivity index (χ3v) is 2.46. The lowest BCUT2D eigenvalue weighted by molar-refractivity contribution is -0.136. The number of carbonyl (C=O) groups is 1. The summed E-state index contributed by atoms with van der Waals surface area (Å²) in [4.78, 5) is 17.1. The molecular weight excluding hydrogens is 259 g/mol. The van der Waals surface area contributed by atoms with E-state index < -0.39 is 18.5 Å². The van der Waals surface area contributed by atoms with Crippen LogP contribution in [0.2, 0.25) is 0 Å². The third kappa shape index (κ3) is 4.76. The molecule has 0 aliphatic heterocycles. The molecular formula is C12H16F3N3O. The Morgan fingerprint density at radius 2 is 2.16 bits per heavy atom. The van der Waals surface area contributed by atoms with E-state index in [0.717, 1.165) is 4.90 Å². The highest BCUT2D eigenvalue weighted by Crippen LogP contribution is 2.20. The molecule has 1 aromatic heterocycles. The quantitative estimate of drug-likeness (QED) is 0.898. The number of hydrogen-bond donors (Lipinski definition) is 1. The van der Waals surface area contributed by atoms with Gasteiger partial charge < -0.3 is 10.2 Å². The monoisotopic (exact) mass is 275 g/mol. The van der Waals surface area contributed by atoms with Gasteiger partial charge in [0.1, 0.15) is 5.82 Å². The minimum Gasteiger partial charge on any atom is -0.370 e. The van der Waals surface area contributed by atoms with Gasteiger partial charge in [0, 0.05) is 26.3 Å². The smallest absolute Gasteiger partial charge is 0.370 e. The average molecular weight is 275 g/mol. The van der Waals surface area contributed by atoms with Gasteiger partial charge in [0.15, 0.2) is 0 Å². The molecule has 0 saturated heterocycles. The van der Waals surface area contributed by atoms with E-state index in [1.165, 1.54) is 19.3 Å². The molecule has 0 aliphatic carbocycles. The maximum Gasteiger partial charge on any atom is 0.390 e. The molecule has 0 bridgehead atoms. The molecule has 0 spiro atoms. The first kappa shape index (κ1) is 15.3. The van der Waals surface area contributed by atoms with Crippen molar-refractivity contribution in [3.63, 3.8) is 0 Å². The first-order chi connectivity index (χ1) is 8.85. The summed E-state index contributed by atoms with van der Waals surface area (Å²) in [7, 11) is 1.34. The van der Waals surface area contributed by atoms with E-state index >= 15 is 0 Å². The van der Waals surface area contributed by atoms with Gasteiger partial charge in [-0.1, -0.05) is 0 Å². The van der Waals surface area contributed by atoms with Crippen LogP contribution in [0.5, 0.6) is 0 Å². The van der Waals surface area contributed by atoms with Gasteiger partial charge in [-0.3, -0.25) is 4.79 Å². The molecule has 0 atom stereocenters. The van der Waals surface area contributed by atoms with Crippen molar-refractivity contribution in [2.75, 3.05) is 25.5 Å². The first-order valence-electron chi connectivity index (χ1n) is 5.86. The summed E-state index contributed by atoms with van der Waals surface area (Å²) < 4.78 is 36.4. The lowest BCUT2D eigenvalue weighted by Gasteiger charge is -2.19. The molecule has 0 unspecified atom stereocenters. The summed E-state index contributed by atoms with van der Waals surface area (Å²) in [5.41, 5.74) is 0.272. The Balaban J connectivity index is 2.76. The van der Waals surface area contributed by atoms with E-state index in [9.17, 15) is 18.0 Å². The maximum atomic E-state index is 12.1. The van der Waals surface area contributed by atoms with Crippen LogP contribution in [0.3, 0.4) is 0 Å². The van der Waals surface area contributed by atoms with Crippen molar-refractivity contribution >= 4 is 11.7 Å². The summed E-state index contributed by atoms with van der Waals surface area (Å²) in [5.74, 6) is -0.0952. The summed E-state index contributed by atoms with van der Waals surface area (Å²) in [6.45, 7) is 2.04. The fraction of sp³-hybridized carbons (Fsp3) is 0.500. The van der Waals surface area contributed by atoms with Crippen molar-refractivity contribution in [3.8, 4) is 0 Å². The topological polar surface area (TPSA) is 45.2 Å². The van der Waals surface area contributed by atoms with Crippen LogP contribution in [0.1, 0.15) is 23.7 Å². The Hall–Kier alpha value is -1.79. The van der Waals surface area contributed by atoms with Gasteiger partial charge in [0.05, 0.1) is 12.0 Å². The van der Waals surface area contributed by atoms with Gasteiger partial charge >= 0.3 is 6.18 Å². The van der Waals surface area contributed by atoms with Crippen molar-refractivity contribution in [3.05, 3.63) is 23.9 Å². The standard InChI is InChI=1S/C12H16F3N3O/c1-3-16-10-9(5-4-7-17-10)11(19)18(2)8-6-12(13,14)15/h4-5,7H,3,6,8H2,1-2H3,(H,16,17). The van der Waals surface area contributed by atoms with Crippen molar-refractivity contribution in [2.45, 2.75) is 19.5 Å². The highest BCUT2D eigenvalue weighted by Gasteiger charge is 2.28. The van der Waals surface area contributed by atoms with Crippen molar-refractivity contribution in [1.29, 1.82) is 0 Å². The lowest BCUT2D eigenvalue weighted by atomic mass is 10.2. The van der Waals surface area contributed by atoms with Gasteiger partial charge in [-0.25, -0.2) is 4.98 Å². The van der Waals surface area contributed by atoms with Crippen LogP contribution in [-0.2, 0) is 0 Å². The SMILES string of the molecule is CCNc1ncccc1C(=O)N(C)CCC(F)(F)F. The second kappa shape index (κ2) is 6.40. The zero-order chi connectivity index (χ0) is 14.5. The van der Waals surface area contributed by atoms with Crippen molar-refractivity contribution in [2.24, 2.45) is 0 Å². The molecule has 4 nitrogen and oxygen atoms in total. The van der Waals surface area contributed by atoms with Gasteiger partial charge in [0.25, 0.3) is 5.91 Å². The van der Waals surface area contributed by atoms with Crippen molar-refractivity contribution < 1.29 is 18.0 Å². The fourth-order valence-electron chi connectivity index (χ4n) is 1.49. The minimum atomic E-state index is -4.27. The molecule has 0 fully saturated rings. The van der Waals surface area contributed by atoms with E-state index in [2.05, 4.69) is 10.3 Å². The molecule has 7 heteroatoms. The molecule has 1 amide bonds. The number of pyridine rings is 1. The van der Waals surface area contributed by atoms with Crippen LogP contribution in [0.15, 0.2) is 18.3 Å². The van der Waals surface area contributed by atoms with Crippen LogP contribution in [-0.4, -0.2) is 42.1 Å². The molecule has 0 radical (unpaired) electrons. The highest BCUT2D eigenvalue weighted by molar-refractivity contribution is 5.98. The van der Waals surface area contributed by atoms with Crippen LogP contribution in [0.25, 0.3) is 0 Å². The Morgan fingerprint density at radius 1 is 1.47 bits per heavy atom. The molecule has 1 aromatic rings. The molecule has 0 aromatic carbocycles. The molecule has 0 aliphatic rings. The lowest BCUT2D eigenvalue weighted by Crippen LogP contribution is -2.31. The summed E-state index contributed by atoms with van der Waals surface area (Å²) in [5, 5.41) is 2.90. The number of nitrogens with zero attached hydrogens (tertiary/aromatic N) is 2. The molecule has 106 valence electrons. The number of nitrogens with one attached hydrogen (secondary N) is 1. The molecule has 1 heterocycles. The zero-order valence-corrected chi connectivity index (χ0v) is 10.8. The minimum absolute atomic E-state index is 0.272. The van der Waals surface area contributed by atoms with E-state index in [4.69, 9.17) is 0 Å². The molecule has 1 rings (SSSR count). The molecule has 1 N–H and O–H groups in total. The molecule has 0 saturated carbocycles. The second-order valence-corrected chi connectivity index (χ2v) is 4.02. The number of carbonyl (C=O) groups excluding carboxylic acids is 1. The zero-order valence-electron chi connectivity index (χ0n) is 10.8. The largest absolute Gasteiger partial charge is 0.390 e. The van der Waals surface area contributed by atoms with Gasteiger partial charge in [0.2, 0.25) is 0 Å².